The Kier molecular flexibility index (Phi) is 6.93. The molecule has 2 aromatic rings. The fourth-order valence-electron chi connectivity index (χ4n) is 2.75. The molecule has 0 spiro atoms. The van der Waals surface area contributed by atoms with Crippen LogP contribution in [-0.4, -0.2) is 50.8 Å². The monoisotopic (exact) mass is 433 g/mol. The summed E-state index contributed by atoms with van der Waals surface area (Å²) in [6.07, 6.45) is 2.52. The molecular weight excluding hydrogens is 413 g/mol. The molecular formula is C20H20FN3O5S. The van der Waals surface area contributed by atoms with Gasteiger partial charge in [0.25, 0.3) is 11.8 Å². The van der Waals surface area contributed by atoms with Crippen LogP contribution in [0.1, 0.15) is 15.9 Å². The Morgan fingerprint density at radius 1 is 1.03 bits per heavy atom. The molecule has 8 nitrogen and oxygen atoms in total. The lowest BCUT2D eigenvalue weighted by molar-refractivity contribution is -0.117. The molecule has 0 aromatic heterocycles. The minimum Gasteiger partial charge on any atom is -0.379 e. The summed E-state index contributed by atoms with van der Waals surface area (Å²) in [5.74, 6) is -1.75. The molecule has 3 rings (SSSR count). The molecule has 0 atom stereocenters. The van der Waals surface area contributed by atoms with Crippen LogP contribution in [0.15, 0.2) is 59.5 Å². The van der Waals surface area contributed by atoms with Crippen molar-refractivity contribution >= 4 is 27.9 Å². The number of hydrazine groups is 1. The summed E-state index contributed by atoms with van der Waals surface area (Å²) in [4.78, 5) is 24.1. The maximum atomic E-state index is 13.1. The first-order valence-corrected chi connectivity index (χ1v) is 10.5. The van der Waals surface area contributed by atoms with Crippen molar-refractivity contribution < 1.29 is 27.1 Å². The van der Waals surface area contributed by atoms with Gasteiger partial charge in [-0.25, -0.2) is 12.8 Å². The van der Waals surface area contributed by atoms with Gasteiger partial charge in [0, 0.05) is 24.7 Å². The molecule has 158 valence electrons. The highest BCUT2D eigenvalue weighted by Gasteiger charge is 2.26. The van der Waals surface area contributed by atoms with Gasteiger partial charge in [-0.05, 0) is 42.0 Å². The first-order valence-electron chi connectivity index (χ1n) is 9.08. The van der Waals surface area contributed by atoms with E-state index in [1.807, 2.05) is 0 Å². The Morgan fingerprint density at radius 3 is 2.50 bits per heavy atom. The van der Waals surface area contributed by atoms with Gasteiger partial charge in [0.15, 0.2) is 0 Å². The van der Waals surface area contributed by atoms with Gasteiger partial charge >= 0.3 is 0 Å². The van der Waals surface area contributed by atoms with Crippen molar-refractivity contribution in [2.24, 2.45) is 0 Å². The molecule has 0 radical (unpaired) electrons. The van der Waals surface area contributed by atoms with E-state index in [-0.39, 0.29) is 23.5 Å². The molecule has 1 fully saturated rings. The van der Waals surface area contributed by atoms with E-state index < -0.39 is 27.7 Å². The lowest BCUT2D eigenvalue weighted by Gasteiger charge is -2.26. The Bertz CT molecular complexity index is 1070. The number of nitrogens with zero attached hydrogens (tertiary/aromatic N) is 1. The molecule has 1 aliphatic heterocycles. The SMILES string of the molecule is O=C(/C=C/c1cccc(F)c1)NNC(=O)c1cccc(S(=O)(=O)N2CCOCC2)c1. The molecule has 2 aromatic carbocycles. The molecule has 1 heterocycles. The van der Waals surface area contributed by atoms with Crippen molar-refractivity contribution in [1.82, 2.24) is 15.2 Å². The molecule has 0 unspecified atom stereocenters. The average Bonchev–Trinajstić information content (AvgIpc) is 2.77. The topological polar surface area (TPSA) is 105 Å². The van der Waals surface area contributed by atoms with Crippen LogP contribution in [0.2, 0.25) is 0 Å². The number of halogens is 1. The second-order valence-corrected chi connectivity index (χ2v) is 8.31. The van der Waals surface area contributed by atoms with E-state index in [0.717, 1.165) is 6.08 Å². The molecule has 2 N–H and O–H groups in total. The first-order chi connectivity index (χ1) is 14.4. The van der Waals surface area contributed by atoms with Crippen LogP contribution < -0.4 is 10.9 Å². The number of amides is 2. The van der Waals surface area contributed by atoms with Crippen LogP contribution >= 0.6 is 0 Å². The van der Waals surface area contributed by atoms with Crippen molar-refractivity contribution in [3.8, 4) is 0 Å². The number of carbonyl (C=O) groups is 2. The summed E-state index contributed by atoms with van der Waals surface area (Å²) in [7, 11) is -3.75. The normalized spacial score (nSPS) is 15.1. The van der Waals surface area contributed by atoms with Crippen molar-refractivity contribution in [1.29, 1.82) is 0 Å². The Hall–Kier alpha value is -3.08. The van der Waals surface area contributed by atoms with E-state index in [1.54, 1.807) is 6.07 Å². The summed E-state index contributed by atoms with van der Waals surface area (Å²) in [5, 5.41) is 0. The van der Waals surface area contributed by atoms with E-state index in [4.69, 9.17) is 4.74 Å². The van der Waals surface area contributed by atoms with Crippen LogP contribution in [0.5, 0.6) is 0 Å². The third-order valence-electron chi connectivity index (χ3n) is 4.28. The maximum absolute atomic E-state index is 13.1. The second kappa shape index (κ2) is 9.61. The van der Waals surface area contributed by atoms with Gasteiger partial charge in [-0.2, -0.15) is 4.31 Å². The lowest BCUT2D eigenvalue weighted by atomic mass is 10.2. The fraction of sp³-hybridized carbons (Fsp3) is 0.200. The van der Waals surface area contributed by atoms with E-state index in [2.05, 4.69) is 10.9 Å². The van der Waals surface area contributed by atoms with Crippen LogP contribution in [0.3, 0.4) is 0 Å². The Morgan fingerprint density at radius 2 is 1.77 bits per heavy atom. The van der Waals surface area contributed by atoms with Gasteiger partial charge in [-0.1, -0.05) is 18.2 Å². The largest absolute Gasteiger partial charge is 0.379 e. The predicted molar refractivity (Wildman–Crippen MR) is 107 cm³/mol. The van der Waals surface area contributed by atoms with E-state index in [9.17, 15) is 22.4 Å². The minimum atomic E-state index is -3.75. The zero-order valence-electron chi connectivity index (χ0n) is 15.9. The summed E-state index contributed by atoms with van der Waals surface area (Å²) >= 11 is 0. The second-order valence-electron chi connectivity index (χ2n) is 6.38. The van der Waals surface area contributed by atoms with E-state index >= 15 is 0 Å². The maximum Gasteiger partial charge on any atom is 0.269 e. The first kappa shape index (κ1) is 21.6. The Labute approximate surface area is 173 Å². The number of ether oxygens (including phenoxy) is 1. The molecule has 1 aliphatic rings. The number of morpholine rings is 1. The predicted octanol–water partition coefficient (Wildman–Crippen LogP) is 1.32. The molecule has 30 heavy (non-hydrogen) atoms. The summed E-state index contributed by atoms with van der Waals surface area (Å²) in [6, 6.07) is 11.2. The van der Waals surface area contributed by atoms with Gasteiger partial charge in [0.1, 0.15) is 5.82 Å². The molecule has 10 heteroatoms. The number of benzene rings is 2. The minimum absolute atomic E-state index is 0.0191. The zero-order valence-corrected chi connectivity index (χ0v) is 16.7. The van der Waals surface area contributed by atoms with Crippen LogP contribution in [-0.2, 0) is 19.6 Å². The highest BCUT2D eigenvalue weighted by molar-refractivity contribution is 7.89. The van der Waals surface area contributed by atoms with Crippen LogP contribution in [0, 0.1) is 5.82 Å². The average molecular weight is 433 g/mol. The Balaban J connectivity index is 1.62. The number of carbonyl (C=O) groups excluding carboxylic acids is 2. The summed E-state index contributed by atoms with van der Waals surface area (Å²) in [6.45, 7) is 1.11. The summed E-state index contributed by atoms with van der Waals surface area (Å²) < 4.78 is 45.0. The molecule has 1 saturated heterocycles. The molecule has 2 amide bonds. The van der Waals surface area contributed by atoms with Crippen molar-refractivity contribution in [3.05, 3.63) is 71.6 Å². The summed E-state index contributed by atoms with van der Waals surface area (Å²) in [5.41, 5.74) is 4.96. The third-order valence-corrected chi connectivity index (χ3v) is 6.17. The number of nitrogens with one attached hydrogen (secondary N) is 2. The van der Waals surface area contributed by atoms with Crippen molar-refractivity contribution in [2.45, 2.75) is 4.90 Å². The van der Waals surface area contributed by atoms with Gasteiger partial charge in [0.2, 0.25) is 10.0 Å². The molecule has 0 saturated carbocycles. The number of hydrogen-bond acceptors (Lipinski definition) is 5. The van der Waals surface area contributed by atoms with E-state index in [1.165, 1.54) is 52.8 Å². The number of hydrogen-bond donors (Lipinski definition) is 2. The number of rotatable bonds is 5. The van der Waals surface area contributed by atoms with Gasteiger partial charge in [-0.3, -0.25) is 20.4 Å². The van der Waals surface area contributed by atoms with Gasteiger partial charge < -0.3 is 4.74 Å². The lowest BCUT2D eigenvalue weighted by Crippen LogP contribution is -2.41. The van der Waals surface area contributed by atoms with Crippen LogP contribution in [0.25, 0.3) is 6.08 Å². The van der Waals surface area contributed by atoms with Crippen molar-refractivity contribution in [3.63, 3.8) is 0 Å². The quantitative estimate of drug-likeness (QED) is 0.547. The van der Waals surface area contributed by atoms with Gasteiger partial charge in [-0.15, -0.1) is 0 Å². The van der Waals surface area contributed by atoms with Crippen molar-refractivity contribution in [2.75, 3.05) is 26.3 Å². The molecule has 0 bridgehead atoms. The highest BCUT2D eigenvalue weighted by atomic mass is 32.2. The number of sulfonamides is 1. The van der Waals surface area contributed by atoms with Gasteiger partial charge in [0.05, 0.1) is 18.1 Å². The smallest absolute Gasteiger partial charge is 0.269 e. The van der Waals surface area contributed by atoms with E-state index in [0.29, 0.717) is 18.8 Å². The highest BCUT2D eigenvalue weighted by Crippen LogP contribution is 2.18. The molecule has 0 aliphatic carbocycles. The fourth-order valence-corrected chi connectivity index (χ4v) is 4.20. The standard InChI is InChI=1S/C20H20FN3O5S/c21-17-5-1-3-15(13-17)7-8-19(25)22-23-20(26)16-4-2-6-18(14-16)30(27,28)24-9-11-29-12-10-24/h1-8,13-14H,9-12H2,(H,22,25)(H,23,26)/b8-7+. The van der Waals surface area contributed by atoms with Crippen LogP contribution in [0.4, 0.5) is 4.39 Å². The zero-order chi connectivity index (χ0) is 21.6. The third kappa shape index (κ3) is 5.50.